The molecule has 0 bridgehead atoms. The van der Waals surface area contributed by atoms with Crippen LogP contribution in [0.15, 0.2) is 47.1 Å². The van der Waals surface area contributed by atoms with Crippen molar-refractivity contribution in [1.29, 1.82) is 0 Å². The van der Waals surface area contributed by atoms with Gasteiger partial charge in [0.2, 0.25) is 0 Å². The summed E-state index contributed by atoms with van der Waals surface area (Å²) in [6.45, 7) is 1.52. The van der Waals surface area contributed by atoms with Gasteiger partial charge in [0.15, 0.2) is 0 Å². The smallest absolute Gasteiger partial charge is 0.319 e. The molecule has 0 aliphatic rings. The summed E-state index contributed by atoms with van der Waals surface area (Å²) in [5.74, 6) is 1.42. The first kappa shape index (κ1) is 15.9. The number of furan rings is 1. The second-order valence-corrected chi connectivity index (χ2v) is 4.57. The molecule has 0 radical (unpaired) electrons. The van der Waals surface area contributed by atoms with Crippen molar-refractivity contribution in [2.45, 2.75) is 13.0 Å². The van der Waals surface area contributed by atoms with Gasteiger partial charge in [-0.2, -0.15) is 0 Å². The minimum atomic E-state index is -0.268. The molecule has 1 heterocycles. The summed E-state index contributed by atoms with van der Waals surface area (Å²) < 4.78 is 15.7. The summed E-state index contributed by atoms with van der Waals surface area (Å²) in [7, 11) is 1.56. The fourth-order valence-corrected chi connectivity index (χ4v) is 1.86. The first-order valence-corrected chi connectivity index (χ1v) is 7.07. The number of para-hydroxylation sites is 2. The van der Waals surface area contributed by atoms with Crippen LogP contribution in [0.2, 0.25) is 0 Å². The predicted molar refractivity (Wildman–Crippen MR) is 83.0 cm³/mol. The van der Waals surface area contributed by atoms with E-state index >= 15 is 0 Å². The van der Waals surface area contributed by atoms with E-state index in [0.29, 0.717) is 31.2 Å². The summed E-state index contributed by atoms with van der Waals surface area (Å²) in [6, 6.07) is 10.7. The number of amides is 2. The maximum absolute atomic E-state index is 11.8. The van der Waals surface area contributed by atoms with Crippen LogP contribution in [0.5, 0.6) is 5.75 Å². The average molecular weight is 304 g/mol. The zero-order valence-corrected chi connectivity index (χ0v) is 12.5. The van der Waals surface area contributed by atoms with Gasteiger partial charge < -0.3 is 24.5 Å². The SMILES string of the molecule is COc1ccccc1NC(=O)NCCCOCc1ccco1. The van der Waals surface area contributed by atoms with Crippen LogP contribution in [0.3, 0.4) is 0 Å². The highest BCUT2D eigenvalue weighted by Gasteiger charge is 2.05. The molecule has 0 saturated heterocycles. The van der Waals surface area contributed by atoms with Crippen LogP contribution in [-0.2, 0) is 11.3 Å². The molecule has 0 atom stereocenters. The molecule has 2 N–H and O–H groups in total. The number of urea groups is 1. The molecule has 0 aliphatic carbocycles. The second kappa shape index (κ2) is 8.74. The number of anilines is 1. The number of rotatable bonds is 8. The summed E-state index contributed by atoms with van der Waals surface area (Å²) in [5.41, 5.74) is 0.636. The standard InChI is InChI=1S/C16H20N2O4/c1-20-15-8-3-2-7-14(15)18-16(19)17-9-5-10-21-12-13-6-4-11-22-13/h2-4,6-8,11H,5,9-10,12H2,1H3,(H2,17,18,19). The molecule has 0 spiro atoms. The van der Waals surface area contributed by atoms with E-state index in [1.165, 1.54) is 0 Å². The first-order valence-electron chi connectivity index (χ1n) is 7.07. The molecular formula is C16H20N2O4. The Kier molecular flexibility index (Phi) is 6.32. The van der Waals surface area contributed by atoms with Crippen molar-refractivity contribution in [3.8, 4) is 5.75 Å². The number of methoxy groups -OCH3 is 1. The van der Waals surface area contributed by atoms with E-state index in [1.807, 2.05) is 24.3 Å². The lowest BCUT2D eigenvalue weighted by Crippen LogP contribution is -2.30. The number of benzene rings is 1. The van der Waals surface area contributed by atoms with Crippen molar-refractivity contribution >= 4 is 11.7 Å². The van der Waals surface area contributed by atoms with Gasteiger partial charge in [0, 0.05) is 13.2 Å². The number of ether oxygens (including phenoxy) is 2. The van der Waals surface area contributed by atoms with Crippen molar-refractivity contribution in [3.05, 3.63) is 48.4 Å². The Morgan fingerprint density at radius 1 is 1.23 bits per heavy atom. The number of hydrogen-bond acceptors (Lipinski definition) is 4. The van der Waals surface area contributed by atoms with E-state index in [2.05, 4.69) is 10.6 Å². The minimum Gasteiger partial charge on any atom is -0.495 e. The van der Waals surface area contributed by atoms with E-state index in [-0.39, 0.29) is 6.03 Å². The molecule has 1 aromatic carbocycles. The van der Waals surface area contributed by atoms with Gasteiger partial charge >= 0.3 is 6.03 Å². The van der Waals surface area contributed by atoms with Gasteiger partial charge in [-0.1, -0.05) is 12.1 Å². The van der Waals surface area contributed by atoms with Crippen LogP contribution in [0, 0.1) is 0 Å². The lowest BCUT2D eigenvalue weighted by Gasteiger charge is -2.10. The molecule has 0 saturated carbocycles. The fourth-order valence-electron chi connectivity index (χ4n) is 1.86. The topological polar surface area (TPSA) is 72.7 Å². The molecule has 2 amide bonds. The van der Waals surface area contributed by atoms with E-state index in [0.717, 1.165) is 12.2 Å². The van der Waals surface area contributed by atoms with E-state index < -0.39 is 0 Å². The largest absolute Gasteiger partial charge is 0.495 e. The summed E-state index contributed by atoms with van der Waals surface area (Å²) in [6.07, 6.45) is 2.34. The Morgan fingerprint density at radius 3 is 2.86 bits per heavy atom. The van der Waals surface area contributed by atoms with Crippen LogP contribution in [0.1, 0.15) is 12.2 Å². The van der Waals surface area contributed by atoms with Gasteiger partial charge in [0.1, 0.15) is 18.1 Å². The van der Waals surface area contributed by atoms with Crippen LogP contribution in [-0.4, -0.2) is 26.3 Å². The van der Waals surface area contributed by atoms with Gasteiger partial charge in [-0.25, -0.2) is 4.79 Å². The number of nitrogens with one attached hydrogen (secondary N) is 2. The maximum atomic E-state index is 11.8. The average Bonchev–Trinajstić information content (AvgIpc) is 3.04. The van der Waals surface area contributed by atoms with E-state index in [4.69, 9.17) is 13.9 Å². The van der Waals surface area contributed by atoms with Crippen molar-refractivity contribution in [3.63, 3.8) is 0 Å². The molecule has 2 rings (SSSR count). The Morgan fingerprint density at radius 2 is 2.09 bits per heavy atom. The Balaban J connectivity index is 1.59. The van der Waals surface area contributed by atoms with Crippen molar-refractivity contribution in [2.75, 3.05) is 25.6 Å². The number of carbonyl (C=O) groups excluding carboxylic acids is 1. The molecule has 6 nitrogen and oxygen atoms in total. The highest BCUT2D eigenvalue weighted by molar-refractivity contribution is 5.90. The normalized spacial score (nSPS) is 10.2. The molecule has 22 heavy (non-hydrogen) atoms. The van der Waals surface area contributed by atoms with Crippen molar-refractivity contribution < 1.29 is 18.7 Å². The lowest BCUT2D eigenvalue weighted by atomic mass is 10.3. The van der Waals surface area contributed by atoms with Gasteiger partial charge in [0.25, 0.3) is 0 Å². The highest BCUT2D eigenvalue weighted by atomic mass is 16.5. The summed E-state index contributed by atoms with van der Waals surface area (Å²) >= 11 is 0. The van der Waals surface area contributed by atoms with Gasteiger partial charge in [-0.15, -0.1) is 0 Å². The minimum absolute atomic E-state index is 0.268. The highest BCUT2D eigenvalue weighted by Crippen LogP contribution is 2.22. The van der Waals surface area contributed by atoms with Gasteiger partial charge in [-0.3, -0.25) is 0 Å². The van der Waals surface area contributed by atoms with E-state index in [9.17, 15) is 4.79 Å². The van der Waals surface area contributed by atoms with E-state index in [1.54, 1.807) is 25.5 Å². The zero-order valence-electron chi connectivity index (χ0n) is 12.5. The van der Waals surface area contributed by atoms with Crippen LogP contribution in [0.4, 0.5) is 10.5 Å². The molecular weight excluding hydrogens is 284 g/mol. The Hall–Kier alpha value is -2.47. The monoisotopic (exact) mass is 304 g/mol. The van der Waals surface area contributed by atoms with Crippen LogP contribution >= 0.6 is 0 Å². The molecule has 118 valence electrons. The van der Waals surface area contributed by atoms with Crippen molar-refractivity contribution in [2.24, 2.45) is 0 Å². The third kappa shape index (κ3) is 5.14. The zero-order chi connectivity index (χ0) is 15.6. The second-order valence-electron chi connectivity index (χ2n) is 4.57. The van der Waals surface area contributed by atoms with Gasteiger partial charge in [-0.05, 0) is 30.7 Å². The third-order valence-corrected chi connectivity index (χ3v) is 2.93. The van der Waals surface area contributed by atoms with Crippen LogP contribution in [0.25, 0.3) is 0 Å². The maximum Gasteiger partial charge on any atom is 0.319 e. The molecule has 0 fully saturated rings. The third-order valence-electron chi connectivity index (χ3n) is 2.93. The number of hydrogen-bond donors (Lipinski definition) is 2. The first-order chi connectivity index (χ1) is 10.8. The van der Waals surface area contributed by atoms with Crippen LogP contribution < -0.4 is 15.4 Å². The molecule has 6 heteroatoms. The molecule has 0 unspecified atom stereocenters. The predicted octanol–water partition coefficient (Wildman–Crippen LogP) is 3.02. The van der Waals surface area contributed by atoms with Crippen molar-refractivity contribution in [1.82, 2.24) is 5.32 Å². The molecule has 2 aromatic rings. The quantitative estimate of drug-likeness (QED) is 0.735. The molecule has 0 aliphatic heterocycles. The van der Waals surface area contributed by atoms with Gasteiger partial charge in [0.05, 0.1) is 19.1 Å². The molecule has 1 aromatic heterocycles. The summed E-state index contributed by atoms with van der Waals surface area (Å²) in [5, 5.41) is 5.51. The Labute approximate surface area is 129 Å². The number of carbonyl (C=O) groups is 1. The Bertz CT molecular complexity index is 569. The fraction of sp³-hybridized carbons (Fsp3) is 0.312. The summed E-state index contributed by atoms with van der Waals surface area (Å²) in [4.78, 5) is 11.8. The lowest BCUT2D eigenvalue weighted by molar-refractivity contribution is 0.104.